The highest BCUT2D eigenvalue weighted by molar-refractivity contribution is 5.95. The summed E-state index contributed by atoms with van der Waals surface area (Å²) in [6.45, 7) is 0. The average molecular weight is 466 g/mol. The van der Waals surface area contributed by atoms with Crippen LogP contribution in [-0.4, -0.2) is 25.8 Å². The van der Waals surface area contributed by atoms with Gasteiger partial charge in [0.1, 0.15) is 5.82 Å². The summed E-state index contributed by atoms with van der Waals surface area (Å²) in [7, 11) is 0. The van der Waals surface area contributed by atoms with Crippen LogP contribution in [0, 0.1) is 0 Å². The SMILES string of the molecule is O=C(O)c1ccccc1-c1ccc(Cc2nc(CCc3ccccc3)nn2C2CCCCC2)cc1. The van der Waals surface area contributed by atoms with Crippen LogP contribution in [0.1, 0.15) is 71.3 Å². The van der Waals surface area contributed by atoms with Gasteiger partial charge in [0.15, 0.2) is 5.82 Å². The van der Waals surface area contributed by atoms with Crippen LogP contribution in [0.3, 0.4) is 0 Å². The lowest BCUT2D eigenvalue weighted by molar-refractivity contribution is 0.0697. The summed E-state index contributed by atoms with van der Waals surface area (Å²) in [4.78, 5) is 16.6. The second-order valence-electron chi connectivity index (χ2n) is 9.39. The van der Waals surface area contributed by atoms with Crippen molar-refractivity contribution in [2.24, 2.45) is 0 Å². The van der Waals surface area contributed by atoms with Gasteiger partial charge in [-0.25, -0.2) is 14.5 Å². The molecule has 4 aromatic rings. The Kier molecular flexibility index (Phi) is 7.03. The van der Waals surface area contributed by atoms with Crippen LogP contribution >= 0.6 is 0 Å². The van der Waals surface area contributed by atoms with Gasteiger partial charge in [0, 0.05) is 12.8 Å². The number of hydrogen-bond acceptors (Lipinski definition) is 3. The van der Waals surface area contributed by atoms with E-state index < -0.39 is 5.97 Å². The fourth-order valence-electron chi connectivity index (χ4n) is 5.06. The van der Waals surface area contributed by atoms with E-state index in [-0.39, 0.29) is 0 Å². The largest absolute Gasteiger partial charge is 0.478 e. The van der Waals surface area contributed by atoms with E-state index >= 15 is 0 Å². The Morgan fingerprint density at radius 2 is 1.54 bits per heavy atom. The first-order valence-corrected chi connectivity index (χ1v) is 12.6. The molecule has 1 aromatic heterocycles. The average Bonchev–Trinajstić information content (AvgIpc) is 3.31. The topological polar surface area (TPSA) is 68.0 Å². The predicted octanol–water partition coefficient (Wildman–Crippen LogP) is 6.52. The second kappa shape index (κ2) is 10.7. The van der Waals surface area contributed by atoms with Gasteiger partial charge in [-0.2, -0.15) is 5.10 Å². The molecule has 1 aliphatic rings. The van der Waals surface area contributed by atoms with Gasteiger partial charge in [-0.05, 0) is 47.6 Å². The molecular formula is C30H31N3O2. The summed E-state index contributed by atoms with van der Waals surface area (Å²) >= 11 is 0. The van der Waals surface area contributed by atoms with Crippen molar-refractivity contribution in [1.29, 1.82) is 0 Å². The van der Waals surface area contributed by atoms with E-state index in [0.29, 0.717) is 11.6 Å². The number of aryl methyl sites for hydroxylation is 2. The summed E-state index contributed by atoms with van der Waals surface area (Å²) in [5, 5.41) is 14.5. The number of benzene rings is 3. The molecule has 1 saturated carbocycles. The highest BCUT2D eigenvalue weighted by Gasteiger charge is 2.21. The summed E-state index contributed by atoms with van der Waals surface area (Å²) < 4.78 is 2.20. The van der Waals surface area contributed by atoms with E-state index in [1.807, 2.05) is 30.3 Å². The van der Waals surface area contributed by atoms with Gasteiger partial charge in [0.25, 0.3) is 0 Å². The van der Waals surface area contributed by atoms with Crippen LogP contribution < -0.4 is 0 Å². The summed E-state index contributed by atoms with van der Waals surface area (Å²) in [6.07, 6.45) is 8.63. The van der Waals surface area contributed by atoms with Crippen molar-refractivity contribution in [1.82, 2.24) is 14.8 Å². The molecule has 178 valence electrons. The molecule has 1 aliphatic carbocycles. The molecule has 0 atom stereocenters. The molecule has 0 radical (unpaired) electrons. The first kappa shape index (κ1) is 23.0. The number of rotatable bonds is 8. The number of aromatic carboxylic acids is 1. The van der Waals surface area contributed by atoms with Crippen LogP contribution in [0.25, 0.3) is 11.1 Å². The molecule has 0 spiro atoms. The summed E-state index contributed by atoms with van der Waals surface area (Å²) in [6, 6.07) is 26.3. The summed E-state index contributed by atoms with van der Waals surface area (Å²) in [5.41, 5.74) is 4.42. The minimum absolute atomic E-state index is 0.320. The first-order chi connectivity index (χ1) is 17.2. The lowest BCUT2D eigenvalue weighted by Crippen LogP contribution is -2.17. The zero-order chi connectivity index (χ0) is 24.0. The Bertz CT molecular complexity index is 1270. The van der Waals surface area contributed by atoms with Crippen LogP contribution in [0.15, 0.2) is 78.9 Å². The van der Waals surface area contributed by atoms with Crippen molar-refractivity contribution in [2.75, 3.05) is 0 Å². The van der Waals surface area contributed by atoms with Crippen molar-refractivity contribution in [2.45, 2.75) is 57.4 Å². The molecule has 1 heterocycles. The molecular weight excluding hydrogens is 434 g/mol. The minimum atomic E-state index is -0.909. The summed E-state index contributed by atoms with van der Waals surface area (Å²) in [5.74, 6) is 1.04. The lowest BCUT2D eigenvalue weighted by Gasteiger charge is -2.23. The number of hydrogen-bond donors (Lipinski definition) is 1. The Morgan fingerprint density at radius 1 is 0.829 bits per heavy atom. The fraction of sp³-hybridized carbons (Fsp3) is 0.300. The van der Waals surface area contributed by atoms with E-state index in [9.17, 15) is 9.90 Å². The van der Waals surface area contributed by atoms with E-state index in [1.54, 1.807) is 12.1 Å². The molecule has 0 aliphatic heterocycles. The number of carbonyl (C=O) groups is 1. The Balaban J connectivity index is 1.37. The molecule has 5 nitrogen and oxygen atoms in total. The molecule has 35 heavy (non-hydrogen) atoms. The Hall–Kier alpha value is -3.73. The van der Waals surface area contributed by atoms with Crippen LogP contribution in [-0.2, 0) is 19.3 Å². The molecule has 3 aromatic carbocycles. The molecule has 5 rings (SSSR count). The van der Waals surface area contributed by atoms with Gasteiger partial charge in [0.05, 0.1) is 11.6 Å². The quantitative estimate of drug-likeness (QED) is 0.321. The molecule has 0 unspecified atom stereocenters. The van der Waals surface area contributed by atoms with Gasteiger partial charge in [0.2, 0.25) is 0 Å². The van der Waals surface area contributed by atoms with E-state index in [0.717, 1.165) is 47.6 Å². The zero-order valence-corrected chi connectivity index (χ0v) is 19.9. The van der Waals surface area contributed by atoms with Crippen molar-refractivity contribution < 1.29 is 9.90 Å². The lowest BCUT2D eigenvalue weighted by atomic mass is 9.95. The molecule has 0 bridgehead atoms. The number of aromatic nitrogens is 3. The third-order valence-electron chi connectivity index (χ3n) is 6.93. The van der Waals surface area contributed by atoms with Gasteiger partial charge >= 0.3 is 5.97 Å². The number of carboxylic acid groups (broad SMARTS) is 1. The van der Waals surface area contributed by atoms with E-state index in [2.05, 4.69) is 41.1 Å². The maximum absolute atomic E-state index is 11.6. The third kappa shape index (κ3) is 5.51. The van der Waals surface area contributed by atoms with Gasteiger partial charge in [-0.3, -0.25) is 0 Å². The van der Waals surface area contributed by atoms with E-state index in [4.69, 9.17) is 10.1 Å². The maximum Gasteiger partial charge on any atom is 0.336 e. The molecule has 5 heteroatoms. The fourth-order valence-corrected chi connectivity index (χ4v) is 5.06. The van der Waals surface area contributed by atoms with E-state index in [1.165, 1.54) is 37.7 Å². The normalized spacial score (nSPS) is 14.2. The monoisotopic (exact) mass is 465 g/mol. The Labute approximate surface area is 206 Å². The highest BCUT2D eigenvalue weighted by Crippen LogP contribution is 2.30. The standard InChI is InChI=1S/C30H31N3O2/c34-30(35)27-14-8-7-13-26(27)24-18-15-23(16-19-24)21-29-31-28(20-17-22-9-3-1-4-10-22)32-33(29)25-11-5-2-6-12-25/h1,3-4,7-10,13-16,18-19,25H,2,5-6,11-12,17,20-21H2,(H,34,35). The van der Waals surface area contributed by atoms with Crippen LogP contribution in [0.5, 0.6) is 0 Å². The number of nitrogens with zero attached hydrogens (tertiary/aromatic N) is 3. The van der Waals surface area contributed by atoms with Crippen molar-refractivity contribution in [3.63, 3.8) is 0 Å². The van der Waals surface area contributed by atoms with Gasteiger partial charge in [-0.15, -0.1) is 0 Å². The molecule has 1 N–H and O–H groups in total. The van der Waals surface area contributed by atoms with Crippen molar-refractivity contribution >= 4 is 5.97 Å². The van der Waals surface area contributed by atoms with Crippen molar-refractivity contribution in [3.05, 3.63) is 107 Å². The molecule has 1 fully saturated rings. The third-order valence-corrected chi connectivity index (χ3v) is 6.93. The predicted molar refractivity (Wildman–Crippen MR) is 138 cm³/mol. The minimum Gasteiger partial charge on any atom is -0.478 e. The molecule has 0 saturated heterocycles. The Morgan fingerprint density at radius 3 is 2.29 bits per heavy atom. The van der Waals surface area contributed by atoms with Crippen molar-refractivity contribution in [3.8, 4) is 11.1 Å². The molecule has 0 amide bonds. The second-order valence-corrected chi connectivity index (χ2v) is 9.39. The number of carboxylic acids is 1. The van der Waals surface area contributed by atoms with Crippen LogP contribution in [0.4, 0.5) is 0 Å². The van der Waals surface area contributed by atoms with Gasteiger partial charge in [-0.1, -0.05) is 92.1 Å². The van der Waals surface area contributed by atoms with Gasteiger partial charge < -0.3 is 5.11 Å². The highest BCUT2D eigenvalue weighted by atomic mass is 16.4. The first-order valence-electron chi connectivity index (χ1n) is 12.6. The van der Waals surface area contributed by atoms with Crippen LogP contribution in [0.2, 0.25) is 0 Å². The maximum atomic E-state index is 11.6. The zero-order valence-electron chi connectivity index (χ0n) is 19.9. The smallest absolute Gasteiger partial charge is 0.336 e.